The minimum Gasteiger partial charge on any atom is -0.379 e. The number of alkyl halides is 3. The molecule has 0 amide bonds. The van der Waals surface area contributed by atoms with Gasteiger partial charge in [-0.25, -0.2) is 21.6 Å². The number of fused-ring (bicyclic) bond motifs is 1. The highest BCUT2D eigenvalue weighted by molar-refractivity contribution is 8.00. The number of aromatic nitrogens is 3. The molecule has 0 aliphatic carbocycles. The average molecular weight is 759 g/mol. The maximum atomic E-state index is 14.2. The fourth-order valence-electron chi connectivity index (χ4n) is 6.47. The van der Waals surface area contributed by atoms with Crippen molar-refractivity contribution in [2.45, 2.75) is 64.0 Å². The van der Waals surface area contributed by atoms with E-state index in [1.54, 1.807) is 4.57 Å². The summed E-state index contributed by atoms with van der Waals surface area (Å²) in [4.78, 5) is 4.98. The predicted octanol–water partition coefficient (Wildman–Crippen LogP) is 3.22. The molecule has 0 bridgehead atoms. The van der Waals surface area contributed by atoms with Crippen LogP contribution in [0.1, 0.15) is 25.1 Å². The zero-order valence-corrected chi connectivity index (χ0v) is 30.0. The van der Waals surface area contributed by atoms with Crippen molar-refractivity contribution in [1.82, 2.24) is 29.9 Å². The van der Waals surface area contributed by atoms with Crippen LogP contribution in [0.5, 0.6) is 0 Å². The smallest absolute Gasteiger partial charge is 0.379 e. The minimum absolute atomic E-state index is 0.0891. The maximum absolute atomic E-state index is 14.2. The van der Waals surface area contributed by atoms with Gasteiger partial charge in [-0.15, -0.1) is 22.0 Å². The van der Waals surface area contributed by atoms with Crippen LogP contribution in [0, 0.1) is 0 Å². The summed E-state index contributed by atoms with van der Waals surface area (Å²) in [6.45, 7) is 6.49. The Morgan fingerprint density at radius 1 is 1.02 bits per heavy atom. The van der Waals surface area contributed by atoms with Gasteiger partial charge in [0.25, 0.3) is 19.9 Å². The molecule has 1 atom stereocenters. The number of anilines is 2. The van der Waals surface area contributed by atoms with Gasteiger partial charge < -0.3 is 15.0 Å². The van der Waals surface area contributed by atoms with Crippen molar-refractivity contribution in [3.63, 3.8) is 0 Å². The fourth-order valence-corrected chi connectivity index (χ4v) is 9.71. The Morgan fingerprint density at radius 2 is 1.74 bits per heavy atom. The van der Waals surface area contributed by atoms with Crippen LogP contribution in [0.3, 0.4) is 0 Å². The number of piperidine rings is 1. The molecule has 0 radical (unpaired) electrons. The summed E-state index contributed by atoms with van der Waals surface area (Å²) in [5.74, 6) is 0.470. The number of hydrogen-bond acceptors (Lipinski definition) is 12. The van der Waals surface area contributed by atoms with E-state index >= 15 is 0 Å². The van der Waals surface area contributed by atoms with Crippen molar-refractivity contribution in [3.05, 3.63) is 54.4 Å². The minimum atomic E-state index is -5.98. The van der Waals surface area contributed by atoms with Crippen LogP contribution in [-0.2, 0) is 37.7 Å². The fraction of sp³-hybridized carbons (Fsp3) is 0.548. The van der Waals surface area contributed by atoms with Crippen molar-refractivity contribution in [3.8, 4) is 0 Å². The zero-order valence-electron chi connectivity index (χ0n) is 27.5. The number of nitrogens with one attached hydrogen (secondary N) is 2. The first-order chi connectivity index (χ1) is 23.8. The summed E-state index contributed by atoms with van der Waals surface area (Å²) in [6, 6.07) is 12.4. The SMILES string of the molecule is CN(c1ccc(S(=O)(=O)Nc2nnc3n2CCN(C2CCNCC2)C3)cc1S(=O)(=O)C(F)(F)F)[C@@H](CCN1CCOCC1)Sc1ccccc1. The number of sulfonamides is 1. The molecule has 1 aromatic heterocycles. The van der Waals surface area contributed by atoms with Gasteiger partial charge in [0.2, 0.25) is 5.95 Å². The molecule has 13 nitrogen and oxygen atoms in total. The number of sulfone groups is 1. The second kappa shape index (κ2) is 15.3. The first-order valence-electron chi connectivity index (χ1n) is 16.4. The van der Waals surface area contributed by atoms with E-state index in [4.69, 9.17) is 4.74 Å². The molecule has 2 fully saturated rings. The van der Waals surface area contributed by atoms with E-state index < -0.39 is 40.5 Å². The summed E-state index contributed by atoms with van der Waals surface area (Å²) in [5, 5.41) is 11.0. The molecule has 0 spiro atoms. The lowest BCUT2D eigenvalue weighted by molar-refractivity contribution is -0.0435. The van der Waals surface area contributed by atoms with Gasteiger partial charge in [-0.2, -0.15) is 13.2 Å². The van der Waals surface area contributed by atoms with Gasteiger partial charge in [-0.3, -0.25) is 14.4 Å². The number of nitrogens with zero attached hydrogens (tertiary/aromatic N) is 6. The Hall–Kier alpha value is -2.94. The van der Waals surface area contributed by atoms with Crippen LogP contribution in [0.25, 0.3) is 0 Å². The van der Waals surface area contributed by atoms with E-state index in [9.17, 15) is 30.0 Å². The van der Waals surface area contributed by atoms with Crippen molar-refractivity contribution < 1.29 is 34.7 Å². The molecule has 3 aliphatic rings. The molecular formula is C31H41F3N8O5S3. The molecule has 2 aromatic carbocycles. The predicted molar refractivity (Wildman–Crippen MR) is 183 cm³/mol. The van der Waals surface area contributed by atoms with Crippen molar-refractivity contribution in [2.75, 3.05) is 69.2 Å². The summed E-state index contributed by atoms with van der Waals surface area (Å²) in [5.41, 5.74) is -5.95. The number of benzene rings is 2. The topological polar surface area (TPSA) is 142 Å². The Morgan fingerprint density at radius 3 is 2.44 bits per heavy atom. The van der Waals surface area contributed by atoms with Gasteiger partial charge >= 0.3 is 5.51 Å². The Labute approximate surface area is 294 Å². The lowest BCUT2D eigenvalue weighted by Gasteiger charge is -2.36. The quantitative estimate of drug-likeness (QED) is 0.207. The molecular weight excluding hydrogens is 718 g/mol. The van der Waals surface area contributed by atoms with Crippen LogP contribution in [0.15, 0.2) is 63.2 Å². The van der Waals surface area contributed by atoms with E-state index in [0.717, 1.165) is 43.0 Å². The van der Waals surface area contributed by atoms with Gasteiger partial charge in [0.05, 0.1) is 35.7 Å². The molecule has 0 unspecified atom stereocenters. The maximum Gasteiger partial charge on any atom is 0.501 e. The summed E-state index contributed by atoms with van der Waals surface area (Å²) < 4.78 is 105. The number of hydrogen-bond donors (Lipinski definition) is 2. The molecule has 4 heterocycles. The number of rotatable bonds is 12. The third-order valence-electron chi connectivity index (χ3n) is 9.29. The van der Waals surface area contributed by atoms with Crippen molar-refractivity contribution >= 4 is 43.3 Å². The number of thioether (sulfide) groups is 1. The Kier molecular flexibility index (Phi) is 11.3. The Balaban J connectivity index is 1.29. The van der Waals surface area contributed by atoms with Crippen LogP contribution in [-0.4, -0.2) is 118 Å². The second-order valence-electron chi connectivity index (χ2n) is 12.5. The molecule has 0 saturated carbocycles. The molecule has 19 heteroatoms. The molecule has 2 saturated heterocycles. The highest BCUT2D eigenvalue weighted by atomic mass is 32.2. The standard InChI is InChI=1S/C31H41F3N8O5S3/c1-39(29(48-24-5-3-2-4-6-24)11-14-40-17-19-47-20-18-40)26-8-7-25(21-27(26)49(43,44)31(32,33)34)50(45,46)38-30-37-36-28-22-41(15-16-42(28)30)23-9-12-35-13-10-23/h2-8,21,23,29,35H,9-20,22H2,1H3,(H,37,38)/t29-/m1/s1. The molecule has 3 aromatic rings. The van der Waals surface area contributed by atoms with Gasteiger partial charge in [0, 0.05) is 50.7 Å². The third kappa shape index (κ3) is 8.24. The normalized spacial score (nSPS) is 19.2. The van der Waals surface area contributed by atoms with Crippen LogP contribution in [0.2, 0.25) is 0 Å². The lowest BCUT2D eigenvalue weighted by Crippen LogP contribution is -2.46. The van der Waals surface area contributed by atoms with E-state index in [-0.39, 0.29) is 11.6 Å². The monoisotopic (exact) mass is 758 g/mol. The van der Waals surface area contributed by atoms with Gasteiger partial charge in [0.15, 0.2) is 0 Å². The van der Waals surface area contributed by atoms with E-state index in [0.29, 0.717) is 76.8 Å². The molecule has 50 heavy (non-hydrogen) atoms. The number of morpholine rings is 1. The molecule has 6 rings (SSSR count). The molecule has 2 N–H and O–H groups in total. The van der Waals surface area contributed by atoms with Crippen LogP contribution < -0.4 is 14.9 Å². The highest BCUT2D eigenvalue weighted by Crippen LogP contribution is 2.40. The first kappa shape index (κ1) is 36.8. The number of halogens is 3. The number of ether oxygens (including phenoxy) is 1. The summed E-state index contributed by atoms with van der Waals surface area (Å²) in [6.07, 6.45) is 2.44. The molecule has 274 valence electrons. The van der Waals surface area contributed by atoms with E-state index in [2.05, 4.69) is 30.0 Å². The summed E-state index contributed by atoms with van der Waals surface area (Å²) in [7, 11) is -9.05. The highest BCUT2D eigenvalue weighted by Gasteiger charge is 2.49. The van der Waals surface area contributed by atoms with Crippen LogP contribution in [0.4, 0.5) is 24.8 Å². The van der Waals surface area contributed by atoms with Gasteiger partial charge in [0.1, 0.15) is 10.7 Å². The van der Waals surface area contributed by atoms with Crippen LogP contribution >= 0.6 is 11.8 Å². The van der Waals surface area contributed by atoms with Crippen molar-refractivity contribution in [1.29, 1.82) is 0 Å². The zero-order chi connectivity index (χ0) is 35.5. The average Bonchev–Trinajstić information content (AvgIpc) is 3.51. The van der Waals surface area contributed by atoms with Crippen molar-refractivity contribution in [2.24, 2.45) is 0 Å². The lowest BCUT2D eigenvalue weighted by atomic mass is 10.0. The van der Waals surface area contributed by atoms with E-state index in [1.165, 1.54) is 23.7 Å². The van der Waals surface area contributed by atoms with Gasteiger partial charge in [-0.1, -0.05) is 18.2 Å². The third-order valence-corrected chi connectivity index (χ3v) is 13.5. The Bertz CT molecular complexity index is 1840. The molecule has 3 aliphatic heterocycles. The largest absolute Gasteiger partial charge is 0.501 e. The summed E-state index contributed by atoms with van der Waals surface area (Å²) >= 11 is 1.38. The van der Waals surface area contributed by atoms with E-state index in [1.807, 2.05) is 30.3 Å². The second-order valence-corrected chi connectivity index (χ2v) is 17.3. The first-order valence-corrected chi connectivity index (χ1v) is 20.3. The van der Waals surface area contributed by atoms with Gasteiger partial charge in [-0.05, 0) is 62.7 Å².